The minimum Gasteiger partial charge on any atom is -0.381 e. The summed E-state index contributed by atoms with van der Waals surface area (Å²) in [5.74, 6) is 0.719. The molecule has 2 rings (SSSR count). The Kier molecular flexibility index (Phi) is 2.96. The van der Waals surface area contributed by atoms with Crippen LogP contribution in [0.15, 0.2) is 18.2 Å². The first-order valence-electron chi connectivity index (χ1n) is 5.55. The number of nitro groups is 1. The van der Waals surface area contributed by atoms with E-state index in [1.807, 2.05) is 6.07 Å². The molecule has 0 saturated heterocycles. The zero-order chi connectivity index (χ0) is 12.4. The summed E-state index contributed by atoms with van der Waals surface area (Å²) in [5.41, 5.74) is 0.975. The van der Waals surface area contributed by atoms with Crippen molar-refractivity contribution in [2.75, 3.05) is 5.32 Å². The second-order valence-corrected chi connectivity index (χ2v) is 4.52. The van der Waals surface area contributed by atoms with Crippen molar-refractivity contribution < 1.29 is 4.92 Å². The fourth-order valence-corrected chi connectivity index (χ4v) is 2.10. The molecular weight excluding hydrogens is 218 g/mol. The average molecular weight is 231 g/mol. The molecule has 0 unspecified atom stereocenters. The third-order valence-corrected chi connectivity index (χ3v) is 3.07. The Hall–Kier alpha value is -2.09. The van der Waals surface area contributed by atoms with Gasteiger partial charge in [0.2, 0.25) is 0 Å². The molecule has 1 saturated carbocycles. The van der Waals surface area contributed by atoms with E-state index in [0.717, 1.165) is 18.8 Å². The van der Waals surface area contributed by atoms with Gasteiger partial charge in [0, 0.05) is 18.2 Å². The van der Waals surface area contributed by atoms with Gasteiger partial charge in [-0.05, 0) is 24.8 Å². The Morgan fingerprint density at radius 2 is 2.24 bits per heavy atom. The predicted octanol–water partition coefficient (Wildman–Crippen LogP) is 2.68. The molecular formula is C12H13N3O2. The maximum Gasteiger partial charge on any atom is 0.270 e. The summed E-state index contributed by atoms with van der Waals surface area (Å²) in [5, 5.41) is 22.8. The number of hydrogen-bond donors (Lipinski definition) is 1. The zero-order valence-corrected chi connectivity index (χ0v) is 9.51. The molecule has 1 fully saturated rings. The van der Waals surface area contributed by atoms with E-state index in [1.54, 1.807) is 6.07 Å². The fraction of sp³-hybridized carbons (Fsp3) is 0.417. The molecule has 0 amide bonds. The monoisotopic (exact) mass is 231 g/mol. The van der Waals surface area contributed by atoms with Crippen molar-refractivity contribution in [3.8, 4) is 6.07 Å². The Morgan fingerprint density at radius 1 is 1.53 bits per heavy atom. The third-order valence-electron chi connectivity index (χ3n) is 3.07. The van der Waals surface area contributed by atoms with Crippen LogP contribution in [0.1, 0.15) is 25.3 Å². The van der Waals surface area contributed by atoms with Crippen LogP contribution in [-0.2, 0) is 0 Å². The number of rotatable bonds is 3. The van der Waals surface area contributed by atoms with Gasteiger partial charge in [0.1, 0.15) is 6.07 Å². The summed E-state index contributed by atoms with van der Waals surface area (Å²) in [7, 11) is 0. The Labute approximate surface area is 99.2 Å². The van der Waals surface area contributed by atoms with Crippen LogP contribution in [0.4, 0.5) is 11.4 Å². The van der Waals surface area contributed by atoms with Gasteiger partial charge >= 0.3 is 0 Å². The van der Waals surface area contributed by atoms with Crippen LogP contribution < -0.4 is 5.32 Å². The normalized spacial score (nSPS) is 22.4. The van der Waals surface area contributed by atoms with E-state index in [2.05, 4.69) is 12.2 Å². The van der Waals surface area contributed by atoms with Gasteiger partial charge < -0.3 is 5.32 Å². The first-order chi connectivity index (χ1) is 8.10. The van der Waals surface area contributed by atoms with Gasteiger partial charge in [-0.25, -0.2) is 0 Å². The number of non-ortho nitro benzene ring substituents is 1. The summed E-state index contributed by atoms with van der Waals surface area (Å²) in [6.45, 7) is 2.18. The standard InChI is InChI=1S/C12H13N3O2/c1-8-4-10(5-8)14-12-3-2-11(15(16)17)6-9(12)7-13/h2-3,6,8,10,14H,4-5H2,1H3. The van der Waals surface area contributed by atoms with Crippen molar-refractivity contribution in [1.82, 2.24) is 0 Å². The van der Waals surface area contributed by atoms with Crippen molar-refractivity contribution >= 4 is 11.4 Å². The van der Waals surface area contributed by atoms with Crippen LogP contribution in [0.25, 0.3) is 0 Å². The highest BCUT2D eigenvalue weighted by Gasteiger charge is 2.25. The lowest BCUT2D eigenvalue weighted by atomic mass is 9.81. The van der Waals surface area contributed by atoms with Crippen molar-refractivity contribution in [3.63, 3.8) is 0 Å². The fourth-order valence-electron chi connectivity index (χ4n) is 2.10. The Morgan fingerprint density at radius 3 is 2.76 bits per heavy atom. The smallest absolute Gasteiger partial charge is 0.270 e. The molecule has 0 heterocycles. The van der Waals surface area contributed by atoms with Crippen molar-refractivity contribution in [1.29, 1.82) is 5.26 Å². The van der Waals surface area contributed by atoms with Crippen molar-refractivity contribution in [2.45, 2.75) is 25.8 Å². The molecule has 5 heteroatoms. The number of nitrogens with one attached hydrogen (secondary N) is 1. The average Bonchev–Trinajstić information content (AvgIpc) is 2.27. The van der Waals surface area contributed by atoms with Gasteiger partial charge in [-0.1, -0.05) is 6.92 Å². The lowest BCUT2D eigenvalue weighted by molar-refractivity contribution is -0.384. The summed E-state index contributed by atoms with van der Waals surface area (Å²) >= 11 is 0. The van der Waals surface area contributed by atoms with Crippen LogP contribution in [0.3, 0.4) is 0 Å². The molecule has 0 spiro atoms. The molecule has 1 N–H and O–H groups in total. The lowest BCUT2D eigenvalue weighted by Crippen LogP contribution is -2.33. The first-order valence-corrected chi connectivity index (χ1v) is 5.55. The first kappa shape index (κ1) is 11.4. The summed E-state index contributed by atoms with van der Waals surface area (Å²) in [4.78, 5) is 10.1. The minimum absolute atomic E-state index is 0.0472. The zero-order valence-electron chi connectivity index (χ0n) is 9.51. The van der Waals surface area contributed by atoms with E-state index in [0.29, 0.717) is 17.3 Å². The SMILES string of the molecule is CC1CC(Nc2ccc([N+](=O)[O-])cc2C#N)C1. The van der Waals surface area contributed by atoms with E-state index in [4.69, 9.17) is 5.26 Å². The highest BCUT2D eigenvalue weighted by Crippen LogP contribution is 2.31. The van der Waals surface area contributed by atoms with E-state index < -0.39 is 4.92 Å². The molecule has 1 aromatic rings. The minimum atomic E-state index is -0.490. The lowest BCUT2D eigenvalue weighted by Gasteiger charge is -2.34. The van der Waals surface area contributed by atoms with Crippen molar-refractivity contribution in [3.05, 3.63) is 33.9 Å². The highest BCUT2D eigenvalue weighted by molar-refractivity contribution is 5.61. The maximum atomic E-state index is 10.6. The second-order valence-electron chi connectivity index (χ2n) is 4.52. The highest BCUT2D eigenvalue weighted by atomic mass is 16.6. The van der Waals surface area contributed by atoms with Crippen LogP contribution in [0.2, 0.25) is 0 Å². The van der Waals surface area contributed by atoms with E-state index in [1.165, 1.54) is 12.1 Å². The molecule has 17 heavy (non-hydrogen) atoms. The third kappa shape index (κ3) is 2.36. The molecule has 1 aliphatic carbocycles. The molecule has 0 aliphatic heterocycles. The van der Waals surface area contributed by atoms with Gasteiger partial charge in [-0.2, -0.15) is 5.26 Å². The number of nitriles is 1. The number of benzene rings is 1. The van der Waals surface area contributed by atoms with Gasteiger partial charge in [0.25, 0.3) is 5.69 Å². The van der Waals surface area contributed by atoms with Crippen LogP contribution >= 0.6 is 0 Å². The molecule has 1 aromatic carbocycles. The molecule has 1 aliphatic rings. The molecule has 0 atom stereocenters. The topological polar surface area (TPSA) is 79.0 Å². The number of nitrogens with zero attached hydrogens (tertiary/aromatic N) is 2. The molecule has 0 aromatic heterocycles. The molecule has 5 nitrogen and oxygen atoms in total. The maximum absolute atomic E-state index is 10.6. The Balaban J connectivity index is 2.17. The number of anilines is 1. The van der Waals surface area contributed by atoms with Crippen LogP contribution in [0, 0.1) is 27.4 Å². The van der Waals surface area contributed by atoms with Gasteiger partial charge in [0.05, 0.1) is 16.2 Å². The molecule has 0 radical (unpaired) electrons. The molecule has 0 bridgehead atoms. The Bertz CT molecular complexity index is 487. The van der Waals surface area contributed by atoms with E-state index in [-0.39, 0.29) is 5.69 Å². The van der Waals surface area contributed by atoms with Gasteiger partial charge in [-0.3, -0.25) is 10.1 Å². The number of nitro benzene ring substituents is 1. The van der Waals surface area contributed by atoms with Crippen LogP contribution in [-0.4, -0.2) is 11.0 Å². The summed E-state index contributed by atoms with van der Waals surface area (Å²) < 4.78 is 0. The van der Waals surface area contributed by atoms with E-state index >= 15 is 0 Å². The largest absolute Gasteiger partial charge is 0.381 e. The molecule has 88 valence electrons. The quantitative estimate of drug-likeness (QED) is 0.640. The van der Waals surface area contributed by atoms with Gasteiger partial charge in [-0.15, -0.1) is 0 Å². The summed E-state index contributed by atoms with van der Waals surface area (Å²) in [6, 6.07) is 6.72. The van der Waals surface area contributed by atoms with E-state index in [9.17, 15) is 10.1 Å². The van der Waals surface area contributed by atoms with Gasteiger partial charge in [0.15, 0.2) is 0 Å². The predicted molar refractivity (Wildman–Crippen MR) is 63.6 cm³/mol. The second kappa shape index (κ2) is 4.42. The van der Waals surface area contributed by atoms with Crippen molar-refractivity contribution in [2.24, 2.45) is 5.92 Å². The number of hydrogen-bond acceptors (Lipinski definition) is 4. The van der Waals surface area contributed by atoms with Crippen LogP contribution in [0.5, 0.6) is 0 Å². The summed E-state index contributed by atoms with van der Waals surface area (Å²) in [6.07, 6.45) is 2.17.